The monoisotopic (exact) mass is 273 g/mol. The molecule has 0 bridgehead atoms. The average molecular weight is 273 g/mol. The molecule has 0 unspecified atom stereocenters. The molecule has 11 heteroatoms. The molecule has 0 radical (unpaired) electrons. The summed E-state index contributed by atoms with van der Waals surface area (Å²) in [4.78, 5) is 12.1. The maximum absolute atomic E-state index is 12.4. The topological polar surface area (TPSA) is 91.3 Å². The first-order chi connectivity index (χ1) is 8.13. The van der Waals surface area contributed by atoms with E-state index in [-0.39, 0.29) is 0 Å². The summed E-state index contributed by atoms with van der Waals surface area (Å²) < 4.78 is 63.9. The minimum atomic E-state index is -5.32. The fourth-order valence-electron chi connectivity index (χ4n) is 1.04. The number of nitrogens with two attached hydrogens (primary N) is 1. The van der Waals surface area contributed by atoms with Gasteiger partial charge in [0.1, 0.15) is 6.20 Å². The molecule has 6 nitrogen and oxygen atoms in total. The molecule has 0 saturated carbocycles. The lowest BCUT2D eigenvalue weighted by molar-refractivity contribution is -0.384. The van der Waals surface area contributed by atoms with E-state index in [0.29, 0.717) is 6.20 Å². The predicted molar refractivity (Wildman–Crippen MR) is 46.9 cm³/mol. The van der Waals surface area contributed by atoms with Gasteiger partial charge in [-0.1, -0.05) is 0 Å². The second kappa shape index (κ2) is 4.58. The molecule has 18 heavy (non-hydrogen) atoms. The minimum Gasteiger partial charge on any atom is -0.401 e. The molecule has 1 heterocycles. The molecule has 0 fully saturated rings. The summed E-state index contributed by atoms with van der Waals surface area (Å²) in [5.41, 5.74) is 1.35. The van der Waals surface area contributed by atoms with E-state index < -0.39 is 40.5 Å². The van der Waals surface area contributed by atoms with Crippen LogP contribution in [0.15, 0.2) is 6.20 Å². The van der Waals surface area contributed by atoms with Gasteiger partial charge in [-0.15, -0.1) is 13.2 Å². The van der Waals surface area contributed by atoms with Gasteiger partial charge in [-0.3, -0.25) is 10.1 Å². The number of nitrogens with zero attached hydrogens (tertiary/aromatic N) is 2. The number of hydrogen-bond donors (Lipinski definition) is 1. The minimum absolute atomic E-state index is 0.333. The van der Waals surface area contributed by atoms with Crippen LogP contribution in [0.4, 0.5) is 33.3 Å². The van der Waals surface area contributed by atoms with Crippen LogP contribution in [0.1, 0.15) is 12.1 Å². The summed E-state index contributed by atoms with van der Waals surface area (Å²) in [5.74, 6) is -1.56. The molecule has 0 saturated heterocycles. The molecule has 0 aliphatic heterocycles. The highest BCUT2D eigenvalue weighted by molar-refractivity contribution is 5.67. The first-order valence-corrected chi connectivity index (χ1v) is 4.10. The molecule has 1 aromatic rings. The lowest BCUT2D eigenvalue weighted by atomic mass is 10.2. The Morgan fingerprint density at radius 1 is 1.44 bits per heavy atom. The molecule has 100 valence electrons. The Morgan fingerprint density at radius 3 is 2.39 bits per heavy atom. The number of alkyl halides is 5. The van der Waals surface area contributed by atoms with Gasteiger partial charge in [0.05, 0.1) is 4.92 Å². The van der Waals surface area contributed by atoms with E-state index in [4.69, 9.17) is 5.73 Å². The fourth-order valence-corrected chi connectivity index (χ4v) is 1.04. The second-order valence-corrected chi connectivity index (χ2v) is 2.88. The standard InChI is InChI=1S/C7H4F5N3O3/c8-6(9)4-5(18-7(10,11)12)3(13)2(1-14-4)15(16)17/h1,6H,(H2,13,14). The number of nitrogen functional groups attached to an aromatic ring is 1. The zero-order chi connectivity index (χ0) is 14.1. The van der Waals surface area contributed by atoms with E-state index in [1.165, 1.54) is 0 Å². The van der Waals surface area contributed by atoms with Crippen molar-refractivity contribution in [2.24, 2.45) is 0 Å². The third kappa shape index (κ3) is 2.93. The van der Waals surface area contributed by atoms with Crippen LogP contribution in [0.25, 0.3) is 0 Å². The first kappa shape index (κ1) is 13.9. The van der Waals surface area contributed by atoms with Crippen LogP contribution in [-0.2, 0) is 0 Å². The zero-order valence-electron chi connectivity index (χ0n) is 8.24. The molecular formula is C7H4F5N3O3. The summed E-state index contributed by atoms with van der Waals surface area (Å²) in [5, 5.41) is 10.4. The highest BCUT2D eigenvalue weighted by atomic mass is 19.4. The zero-order valence-corrected chi connectivity index (χ0v) is 8.24. The summed E-state index contributed by atoms with van der Waals surface area (Å²) in [6, 6.07) is 0. The number of ether oxygens (including phenoxy) is 1. The van der Waals surface area contributed by atoms with E-state index in [2.05, 4.69) is 9.72 Å². The van der Waals surface area contributed by atoms with Gasteiger partial charge in [0.25, 0.3) is 6.43 Å². The number of aromatic nitrogens is 1. The Balaban J connectivity index is 3.41. The molecule has 0 aliphatic carbocycles. The van der Waals surface area contributed by atoms with Crippen molar-refractivity contribution in [1.29, 1.82) is 0 Å². The van der Waals surface area contributed by atoms with Crippen molar-refractivity contribution < 1.29 is 31.6 Å². The Hall–Kier alpha value is -2.20. The van der Waals surface area contributed by atoms with Crippen molar-refractivity contribution in [3.63, 3.8) is 0 Å². The number of anilines is 1. The van der Waals surface area contributed by atoms with Crippen molar-refractivity contribution in [2.45, 2.75) is 12.8 Å². The summed E-state index contributed by atoms with van der Waals surface area (Å²) in [6.45, 7) is 0. The summed E-state index contributed by atoms with van der Waals surface area (Å²) in [6.07, 6.45) is -8.42. The normalized spacial score (nSPS) is 11.7. The number of halogens is 5. The Labute approximate surface area is 95.3 Å². The molecule has 0 amide bonds. The molecule has 1 rings (SSSR count). The maximum atomic E-state index is 12.4. The van der Waals surface area contributed by atoms with Gasteiger partial charge in [0.2, 0.25) is 0 Å². The van der Waals surface area contributed by atoms with E-state index in [1.807, 2.05) is 0 Å². The Bertz CT molecular complexity index is 476. The lowest BCUT2D eigenvalue weighted by Gasteiger charge is -2.13. The third-order valence-corrected chi connectivity index (χ3v) is 1.70. The van der Waals surface area contributed by atoms with Crippen molar-refractivity contribution in [2.75, 3.05) is 5.73 Å². The van der Waals surface area contributed by atoms with Crippen molar-refractivity contribution >= 4 is 11.4 Å². The second-order valence-electron chi connectivity index (χ2n) is 2.88. The van der Waals surface area contributed by atoms with Crippen LogP contribution < -0.4 is 10.5 Å². The predicted octanol–water partition coefficient (Wildman–Crippen LogP) is 2.41. The lowest BCUT2D eigenvalue weighted by Crippen LogP contribution is -2.20. The van der Waals surface area contributed by atoms with E-state index in [9.17, 15) is 32.1 Å². The maximum Gasteiger partial charge on any atom is 0.573 e. The quantitative estimate of drug-likeness (QED) is 0.518. The van der Waals surface area contributed by atoms with Crippen LogP contribution in [-0.4, -0.2) is 16.3 Å². The van der Waals surface area contributed by atoms with Crippen molar-refractivity contribution in [1.82, 2.24) is 4.98 Å². The van der Waals surface area contributed by atoms with Gasteiger partial charge in [0.15, 0.2) is 17.1 Å². The Kier molecular flexibility index (Phi) is 3.53. The molecular weight excluding hydrogens is 269 g/mol. The van der Waals surface area contributed by atoms with E-state index >= 15 is 0 Å². The summed E-state index contributed by atoms with van der Waals surface area (Å²) in [7, 11) is 0. The van der Waals surface area contributed by atoms with Crippen LogP contribution in [0.5, 0.6) is 5.75 Å². The van der Waals surface area contributed by atoms with Gasteiger partial charge >= 0.3 is 12.0 Å². The van der Waals surface area contributed by atoms with Gasteiger partial charge in [-0.25, -0.2) is 13.8 Å². The highest BCUT2D eigenvalue weighted by Crippen LogP contribution is 2.40. The SMILES string of the molecule is Nc1c([N+](=O)[O-])cnc(C(F)F)c1OC(F)(F)F. The fraction of sp³-hybridized carbons (Fsp3) is 0.286. The van der Waals surface area contributed by atoms with Crippen LogP contribution in [0, 0.1) is 10.1 Å². The summed E-state index contributed by atoms with van der Waals surface area (Å²) >= 11 is 0. The molecule has 0 atom stereocenters. The third-order valence-electron chi connectivity index (χ3n) is 1.70. The number of rotatable bonds is 3. The van der Waals surface area contributed by atoms with E-state index in [0.717, 1.165) is 0 Å². The Morgan fingerprint density at radius 2 is 2.00 bits per heavy atom. The highest BCUT2D eigenvalue weighted by Gasteiger charge is 2.37. The molecule has 0 spiro atoms. The van der Waals surface area contributed by atoms with Crippen molar-refractivity contribution in [3.8, 4) is 5.75 Å². The molecule has 0 aromatic carbocycles. The van der Waals surface area contributed by atoms with Gasteiger partial charge in [0, 0.05) is 0 Å². The van der Waals surface area contributed by atoms with Crippen LogP contribution in [0.2, 0.25) is 0 Å². The molecule has 1 aromatic heterocycles. The van der Waals surface area contributed by atoms with Gasteiger partial charge in [-0.05, 0) is 0 Å². The smallest absolute Gasteiger partial charge is 0.401 e. The van der Waals surface area contributed by atoms with Gasteiger partial charge in [-0.2, -0.15) is 0 Å². The average Bonchev–Trinajstić information content (AvgIpc) is 2.17. The molecule has 0 aliphatic rings. The van der Waals surface area contributed by atoms with Gasteiger partial charge < -0.3 is 10.5 Å². The van der Waals surface area contributed by atoms with Crippen LogP contribution in [0.3, 0.4) is 0 Å². The largest absolute Gasteiger partial charge is 0.573 e. The first-order valence-electron chi connectivity index (χ1n) is 4.10. The number of pyridine rings is 1. The number of hydrogen-bond acceptors (Lipinski definition) is 5. The molecule has 2 N–H and O–H groups in total. The van der Waals surface area contributed by atoms with Crippen LogP contribution >= 0.6 is 0 Å². The van der Waals surface area contributed by atoms with Crippen molar-refractivity contribution in [3.05, 3.63) is 22.0 Å². The van der Waals surface area contributed by atoms with E-state index in [1.54, 1.807) is 0 Å². The number of nitro groups is 1.